The average Bonchev–Trinajstić information content (AvgIpc) is 2.48. The van der Waals surface area contributed by atoms with Gasteiger partial charge in [-0.15, -0.1) is 0 Å². The summed E-state index contributed by atoms with van der Waals surface area (Å²) in [6, 6.07) is 6.02. The molecule has 0 saturated carbocycles. The van der Waals surface area contributed by atoms with E-state index in [1.54, 1.807) is 0 Å². The lowest BCUT2D eigenvalue weighted by Gasteiger charge is -2.20. The van der Waals surface area contributed by atoms with Crippen molar-refractivity contribution in [3.05, 3.63) is 30.6 Å². The van der Waals surface area contributed by atoms with Crippen LogP contribution < -0.4 is 5.73 Å². The van der Waals surface area contributed by atoms with Crippen LogP contribution in [0, 0.1) is 0 Å². The Bertz CT molecular complexity index is 461. The van der Waals surface area contributed by atoms with Crippen LogP contribution >= 0.6 is 0 Å². The molecule has 0 unspecified atom stereocenters. The number of hydrogen-bond donors (Lipinski definition) is 1. The summed E-state index contributed by atoms with van der Waals surface area (Å²) in [5.74, 6) is 0. The number of rotatable bonds is 0. The number of aromatic nitrogens is 1. The van der Waals surface area contributed by atoms with E-state index in [2.05, 4.69) is 43.8 Å². The largest absolute Gasteiger partial charge is 0.398 e. The van der Waals surface area contributed by atoms with Gasteiger partial charge in [-0.2, -0.15) is 0 Å². The van der Waals surface area contributed by atoms with E-state index in [1.165, 1.54) is 5.39 Å². The molecule has 0 aliphatic rings. The standard InChI is InChI=1S/C12H16N2/c1-12(2,3)14-7-9-5-4-6-11(13)10(9)8-14/h4-8H,13H2,1-3H3. The number of hydrogen-bond acceptors (Lipinski definition) is 1. The molecule has 0 spiro atoms. The molecule has 74 valence electrons. The van der Waals surface area contributed by atoms with Gasteiger partial charge in [0.15, 0.2) is 0 Å². The quantitative estimate of drug-likeness (QED) is 0.633. The molecule has 1 aromatic heterocycles. The monoisotopic (exact) mass is 188 g/mol. The van der Waals surface area contributed by atoms with Gasteiger partial charge in [0.2, 0.25) is 0 Å². The Morgan fingerprint density at radius 3 is 2.43 bits per heavy atom. The maximum absolute atomic E-state index is 5.90. The van der Waals surface area contributed by atoms with Crippen LogP contribution in [0.15, 0.2) is 30.6 Å². The van der Waals surface area contributed by atoms with Gasteiger partial charge in [0.25, 0.3) is 0 Å². The van der Waals surface area contributed by atoms with E-state index in [0.29, 0.717) is 0 Å². The van der Waals surface area contributed by atoms with Crippen LogP contribution in [0.4, 0.5) is 5.69 Å². The Labute approximate surface area is 84.3 Å². The molecule has 1 heterocycles. The van der Waals surface area contributed by atoms with Crippen molar-refractivity contribution in [1.29, 1.82) is 0 Å². The van der Waals surface area contributed by atoms with E-state index >= 15 is 0 Å². The first-order valence-corrected chi connectivity index (χ1v) is 4.85. The van der Waals surface area contributed by atoms with Gasteiger partial charge < -0.3 is 10.3 Å². The lowest BCUT2D eigenvalue weighted by Crippen LogP contribution is -2.19. The summed E-state index contributed by atoms with van der Waals surface area (Å²) in [4.78, 5) is 0. The molecular formula is C12H16N2. The summed E-state index contributed by atoms with van der Waals surface area (Å²) < 4.78 is 2.20. The van der Waals surface area contributed by atoms with Crippen LogP contribution in [0.25, 0.3) is 10.8 Å². The van der Waals surface area contributed by atoms with E-state index in [4.69, 9.17) is 5.73 Å². The number of benzene rings is 1. The SMILES string of the molecule is CC(C)(C)n1cc2cccc(N)c2c1. The lowest BCUT2D eigenvalue weighted by molar-refractivity contribution is 0.400. The molecule has 0 fully saturated rings. The molecule has 0 amide bonds. The minimum atomic E-state index is 0.117. The smallest absolute Gasteiger partial charge is 0.0409 e. The van der Waals surface area contributed by atoms with Crippen molar-refractivity contribution in [2.75, 3.05) is 5.73 Å². The second-order valence-electron chi connectivity index (χ2n) is 4.69. The Balaban J connectivity index is 2.69. The maximum Gasteiger partial charge on any atom is 0.0409 e. The van der Waals surface area contributed by atoms with Crippen LogP contribution in [-0.2, 0) is 5.54 Å². The van der Waals surface area contributed by atoms with Crippen molar-refractivity contribution < 1.29 is 0 Å². The Kier molecular flexibility index (Phi) is 1.81. The highest BCUT2D eigenvalue weighted by Crippen LogP contribution is 2.25. The highest BCUT2D eigenvalue weighted by molar-refractivity contribution is 5.92. The first-order chi connectivity index (χ1) is 6.48. The first kappa shape index (κ1) is 9.13. The van der Waals surface area contributed by atoms with Crippen molar-refractivity contribution in [3.8, 4) is 0 Å². The van der Waals surface area contributed by atoms with Gasteiger partial charge >= 0.3 is 0 Å². The molecule has 14 heavy (non-hydrogen) atoms. The second-order valence-corrected chi connectivity index (χ2v) is 4.69. The van der Waals surface area contributed by atoms with Gasteiger partial charge in [-0.3, -0.25) is 0 Å². The number of nitrogens with zero attached hydrogens (tertiary/aromatic N) is 1. The summed E-state index contributed by atoms with van der Waals surface area (Å²) in [5.41, 5.74) is 6.87. The summed E-state index contributed by atoms with van der Waals surface area (Å²) in [6.07, 6.45) is 4.26. The Morgan fingerprint density at radius 1 is 1.14 bits per heavy atom. The van der Waals surface area contributed by atoms with E-state index in [1.807, 2.05) is 12.1 Å². The highest BCUT2D eigenvalue weighted by atomic mass is 15.0. The molecule has 0 saturated heterocycles. The topological polar surface area (TPSA) is 30.9 Å². The van der Waals surface area contributed by atoms with Crippen LogP contribution in [0.1, 0.15) is 20.8 Å². The minimum absolute atomic E-state index is 0.117. The fraction of sp³-hybridized carbons (Fsp3) is 0.333. The summed E-state index contributed by atoms with van der Waals surface area (Å²) in [6.45, 7) is 6.55. The zero-order valence-corrected chi connectivity index (χ0v) is 8.91. The number of nitrogen functional groups attached to an aromatic ring is 1. The summed E-state index contributed by atoms with van der Waals surface area (Å²) in [7, 11) is 0. The third-order valence-electron chi connectivity index (χ3n) is 2.49. The second kappa shape index (κ2) is 2.77. The molecule has 1 aromatic carbocycles. The van der Waals surface area contributed by atoms with Crippen molar-refractivity contribution in [2.24, 2.45) is 0 Å². The van der Waals surface area contributed by atoms with Crippen molar-refractivity contribution in [2.45, 2.75) is 26.3 Å². The van der Waals surface area contributed by atoms with Crippen molar-refractivity contribution in [3.63, 3.8) is 0 Å². The molecule has 0 radical (unpaired) electrons. The molecule has 2 N–H and O–H groups in total. The summed E-state index contributed by atoms with van der Waals surface area (Å²) in [5, 5.41) is 2.35. The van der Waals surface area contributed by atoms with Gasteiger partial charge in [0, 0.05) is 34.4 Å². The molecule has 2 nitrogen and oxygen atoms in total. The molecule has 0 bridgehead atoms. The maximum atomic E-state index is 5.90. The number of fused-ring (bicyclic) bond motifs is 1. The Morgan fingerprint density at radius 2 is 1.86 bits per heavy atom. The predicted octanol–water partition coefficient (Wildman–Crippen LogP) is 2.98. The minimum Gasteiger partial charge on any atom is -0.398 e. The van der Waals surface area contributed by atoms with Crippen LogP contribution in [0.2, 0.25) is 0 Å². The predicted molar refractivity (Wildman–Crippen MR) is 61.3 cm³/mol. The third-order valence-corrected chi connectivity index (χ3v) is 2.49. The van der Waals surface area contributed by atoms with Gasteiger partial charge in [-0.1, -0.05) is 12.1 Å². The zero-order valence-electron chi connectivity index (χ0n) is 8.91. The molecule has 0 aliphatic heterocycles. The molecule has 0 aliphatic carbocycles. The average molecular weight is 188 g/mol. The van der Waals surface area contributed by atoms with E-state index in [0.717, 1.165) is 11.1 Å². The highest BCUT2D eigenvalue weighted by Gasteiger charge is 2.13. The van der Waals surface area contributed by atoms with E-state index < -0.39 is 0 Å². The molecule has 2 rings (SSSR count). The third kappa shape index (κ3) is 1.37. The first-order valence-electron chi connectivity index (χ1n) is 4.85. The van der Waals surface area contributed by atoms with Crippen molar-refractivity contribution >= 4 is 16.5 Å². The normalized spacial score (nSPS) is 12.2. The van der Waals surface area contributed by atoms with Gasteiger partial charge in [0.1, 0.15) is 0 Å². The Hall–Kier alpha value is -1.44. The summed E-state index contributed by atoms with van der Waals surface area (Å²) >= 11 is 0. The zero-order chi connectivity index (χ0) is 10.3. The van der Waals surface area contributed by atoms with Gasteiger partial charge in [-0.25, -0.2) is 0 Å². The van der Waals surface area contributed by atoms with Crippen molar-refractivity contribution in [1.82, 2.24) is 4.57 Å². The van der Waals surface area contributed by atoms with E-state index in [-0.39, 0.29) is 5.54 Å². The van der Waals surface area contributed by atoms with Crippen LogP contribution in [0.3, 0.4) is 0 Å². The molecule has 2 heteroatoms. The number of anilines is 1. The fourth-order valence-corrected chi connectivity index (χ4v) is 1.58. The fourth-order valence-electron chi connectivity index (χ4n) is 1.58. The van der Waals surface area contributed by atoms with Gasteiger partial charge in [0.05, 0.1) is 0 Å². The van der Waals surface area contributed by atoms with E-state index in [9.17, 15) is 0 Å². The van der Waals surface area contributed by atoms with Crippen LogP contribution in [0.5, 0.6) is 0 Å². The molecule has 2 aromatic rings. The molecule has 0 atom stereocenters. The van der Waals surface area contributed by atoms with Crippen LogP contribution in [-0.4, -0.2) is 4.57 Å². The van der Waals surface area contributed by atoms with Gasteiger partial charge in [-0.05, 0) is 26.8 Å². The number of nitrogens with two attached hydrogens (primary N) is 1. The molecular weight excluding hydrogens is 172 g/mol. The lowest BCUT2D eigenvalue weighted by atomic mass is 10.1.